The Morgan fingerprint density at radius 3 is 1.58 bits per heavy atom. The van der Waals surface area contributed by atoms with Crippen molar-refractivity contribution < 1.29 is 8.83 Å². The van der Waals surface area contributed by atoms with Crippen molar-refractivity contribution in [3.05, 3.63) is 231 Å². The molecule has 0 spiro atoms. The molecule has 3 aromatic heterocycles. The maximum atomic E-state index is 6.47. The van der Waals surface area contributed by atoms with Crippen LogP contribution in [0, 0.1) is 0 Å². The average Bonchev–Trinajstić information content (AvgIpc) is 4.04. The van der Waals surface area contributed by atoms with E-state index in [-0.39, 0.29) is 0 Å². The third kappa shape index (κ3) is 5.84. The third-order valence-electron chi connectivity index (χ3n) is 12.8. The summed E-state index contributed by atoms with van der Waals surface area (Å²) in [6, 6.07) is 82.3. The second-order valence-corrected chi connectivity index (χ2v) is 16.5. The monoisotopic (exact) mass is 818 g/mol. The number of hydrogen-bond acceptors (Lipinski definition) is 3. The molecular formula is C60H38N2O2. The first-order valence-corrected chi connectivity index (χ1v) is 21.7. The van der Waals surface area contributed by atoms with Gasteiger partial charge in [-0.05, 0) is 119 Å². The molecule has 0 saturated heterocycles. The van der Waals surface area contributed by atoms with E-state index in [1.165, 1.54) is 21.8 Å². The quantitative estimate of drug-likeness (QED) is 0.161. The fourth-order valence-electron chi connectivity index (χ4n) is 9.77. The molecule has 0 saturated carbocycles. The fraction of sp³-hybridized carbons (Fsp3) is 0. The highest BCUT2D eigenvalue weighted by Gasteiger charge is 2.19. The number of anilines is 3. The van der Waals surface area contributed by atoms with Crippen LogP contribution in [-0.4, -0.2) is 4.57 Å². The van der Waals surface area contributed by atoms with Crippen molar-refractivity contribution in [3.8, 4) is 39.1 Å². The summed E-state index contributed by atoms with van der Waals surface area (Å²) in [4.78, 5) is 2.37. The molecule has 13 aromatic rings. The summed E-state index contributed by atoms with van der Waals surface area (Å²) in [6.45, 7) is 0. The molecule has 4 nitrogen and oxygen atoms in total. The summed E-state index contributed by atoms with van der Waals surface area (Å²) >= 11 is 0. The van der Waals surface area contributed by atoms with Crippen molar-refractivity contribution in [2.24, 2.45) is 0 Å². The van der Waals surface area contributed by atoms with Gasteiger partial charge < -0.3 is 18.3 Å². The van der Waals surface area contributed by atoms with Crippen molar-refractivity contribution in [2.75, 3.05) is 4.90 Å². The normalized spacial score (nSPS) is 11.8. The Labute approximate surface area is 369 Å². The summed E-state index contributed by atoms with van der Waals surface area (Å²) in [5.41, 5.74) is 17.0. The molecule has 0 N–H and O–H groups in total. The molecule has 4 heteroatoms. The summed E-state index contributed by atoms with van der Waals surface area (Å²) in [5.74, 6) is 0. The molecule has 0 amide bonds. The number of hydrogen-bond donors (Lipinski definition) is 0. The Morgan fingerprint density at radius 2 is 0.828 bits per heavy atom. The standard InChI is InChI=1S/C60H38N2O2/c1-2-15-44(16-3-1)62-55-24-7-4-19-49(55)53-37-42(29-33-56(53)62)40-13-10-17-46(35-40)61(45-31-27-39(28-32-45)48-22-12-23-52-50-20-5-9-26-58(50)64-60(48)52)47-18-11-14-41(36-47)43-30-34-59-54(38-43)51-21-6-8-25-57(51)63-59/h1-38H. The van der Waals surface area contributed by atoms with Crippen LogP contribution >= 0.6 is 0 Å². The Morgan fingerprint density at radius 1 is 0.297 bits per heavy atom. The predicted octanol–water partition coefficient (Wildman–Crippen LogP) is 17.1. The number of rotatable bonds is 7. The highest BCUT2D eigenvalue weighted by atomic mass is 16.3. The van der Waals surface area contributed by atoms with Crippen molar-refractivity contribution in [3.63, 3.8) is 0 Å². The zero-order chi connectivity index (χ0) is 42.1. The van der Waals surface area contributed by atoms with Crippen molar-refractivity contribution in [2.45, 2.75) is 0 Å². The van der Waals surface area contributed by atoms with E-state index in [9.17, 15) is 0 Å². The first-order chi connectivity index (χ1) is 31.7. The molecule has 64 heavy (non-hydrogen) atoms. The Kier molecular flexibility index (Phi) is 8.18. The summed E-state index contributed by atoms with van der Waals surface area (Å²) in [7, 11) is 0. The molecule has 0 bridgehead atoms. The van der Waals surface area contributed by atoms with E-state index >= 15 is 0 Å². The summed E-state index contributed by atoms with van der Waals surface area (Å²) in [5, 5.41) is 6.94. The smallest absolute Gasteiger partial charge is 0.143 e. The van der Waals surface area contributed by atoms with Gasteiger partial charge in [0.25, 0.3) is 0 Å². The minimum absolute atomic E-state index is 0.890. The molecule has 0 unspecified atom stereocenters. The molecule has 3 heterocycles. The maximum Gasteiger partial charge on any atom is 0.143 e. The van der Waals surface area contributed by atoms with Crippen LogP contribution in [0.5, 0.6) is 0 Å². The molecule has 0 fully saturated rings. The van der Waals surface area contributed by atoms with Crippen molar-refractivity contribution in [1.29, 1.82) is 0 Å². The lowest BCUT2D eigenvalue weighted by molar-refractivity contribution is 0.669. The van der Waals surface area contributed by atoms with E-state index in [1.807, 2.05) is 24.3 Å². The van der Waals surface area contributed by atoms with Gasteiger partial charge in [-0.1, -0.05) is 140 Å². The van der Waals surface area contributed by atoms with E-state index in [2.05, 4.69) is 216 Å². The molecule has 0 radical (unpaired) electrons. The van der Waals surface area contributed by atoms with Crippen LogP contribution < -0.4 is 4.90 Å². The Hall–Kier alpha value is -8.60. The van der Waals surface area contributed by atoms with Crippen LogP contribution in [0.2, 0.25) is 0 Å². The zero-order valence-electron chi connectivity index (χ0n) is 34.7. The maximum absolute atomic E-state index is 6.47. The highest BCUT2D eigenvalue weighted by molar-refractivity contribution is 6.11. The molecule has 0 aliphatic rings. The molecule has 10 aromatic carbocycles. The average molecular weight is 819 g/mol. The van der Waals surface area contributed by atoms with Gasteiger partial charge in [-0.25, -0.2) is 0 Å². The minimum Gasteiger partial charge on any atom is -0.456 e. The lowest BCUT2D eigenvalue weighted by Gasteiger charge is -2.27. The van der Waals surface area contributed by atoms with Crippen LogP contribution in [0.4, 0.5) is 17.1 Å². The Bertz CT molecular complexity index is 3910. The number of furan rings is 2. The lowest BCUT2D eigenvalue weighted by Crippen LogP contribution is -2.10. The van der Waals surface area contributed by atoms with Gasteiger partial charge in [-0.2, -0.15) is 0 Å². The highest BCUT2D eigenvalue weighted by Crippen LogP contribution is 2.42. The van der Waals surface area contributed by atoms with E-state index < -0.39 is 0 Å². The van der Waals surface area contributed by atoms with Crippen molar-refractivity contribution in [1.82, 2.24) is 4.57 Å². The first kappa shape index (κ1) is 36.1. The van der Waals surface area contributed by atoms with Gasteiger partial charge >= 0.3 is 0 Å². The second-order valence-electron chi connectivity index (χ2n) is 16.5. The van der Waals surface area contributed by atoms with Gasteiger partial charge in [0, 0.05) is 60.6 Å². The topological polar surface area (TPSA) is 34.5 Å². The van der Waals surface area contributed by atoms with Gasteiger partial charge in [0.15, 0.2) is 0 Å². The largest absolute Gasteiger partial charge is 0.456 e. The van der Waals surface area contributed by atoms with E-state index in [0.717, 1.165) is 100 Å². The number of fused-ring (bicyclic) bond motifs is 9. The summed E-state index contributed by atoms with van der Waals surface area (Å²) in [6.07, 6.45) is 0. The molecule has 0 atom stereocenters. The molecule has 13 rings (SSSR count). The SMILES string of the molecule is c1ccc(-n2c3ccccc3c3cc(-c4cccc(N(c5ccc(-c6cccc7c6oc6ccccc67)cc5)c5cccc(-c6ccc7oc8ccccc8c7c6)c5)c4)ccc32)cc1. The van der Waals surface area contributed by atoms with Crippen LogP contribution in [0.15, 0.2) is 239 Å². The third-order valence-corrected chi connectivity index (χ3v) is 12.8. The first-order valence-electron chi connectivity index (χ1n) is 21.7. The minimum atomic E-state index is 0.890. The van der Waals surface area contributed by atoms with E-state index in [0.29, 0.717) is 0 Å². The van der Waals surface area contributed by atoms with Gasteiger partial charge in [-0.3, -0.25) is 0 Å². The molecule has 0 aliphatic carbocycles. The fourth-order valence-corrected chi connectivity index (χ4v) is 9.77. The van der Waals surface area contributed by atoms with Gasteiger partial charge in [0.05, 0.1) is 11.0 Å². The Balaban J connectivity index is 0.946. The van der Waals surface area contributed by atoms with Gasteiger partial charge in [-0.15, -0.1) is 0 Å². The second kappa shape index (κ2) is 14.5. The van der Waals surface area contributed by atoms with Crippen molar-refractivity contribution >= 4 is 82.7 Å². The summed E-state index contributed by atoms with van der Waals surface area (Å²) < 4.78 is 15.0. The van der Waals surface area contributed by atoms with Gasteiger partial charge in [0.1, 0.15) is 22.3 Å². The number of benzene rings is 10. The number of para-hydroxylation sites is 5. The van der Waals surface area contributed by atoms with Crippen LogP contribution in [0.25, 0.3) is 105 Å². The van der Waals surface area contributed by atoms with Crippen LogP contribution in [0.3, 0.4) is 0 Å². The van der Waals surface area contributed by atoms with Gasteiger partial charge in [0.2, 0.25) is 0 Å². The molecule has 300 valence electrons. The number of nitrogens with zero attached hydrogens (tertiary/aromatic N) is 2. The van der Waals surface area contributed by atoms with Crippen LogP contribution in [-0.2, 0) is 0 Å². The van der Waals surface area contributed by atoms with Crippen LogP contribution in [0.1, 0.15) is 0 Å². The predicted molar refractivity (Wildman–Crippen MR) is 266 cm³/mol. The lowest BCUT2D eigenvalue weighted by atomic mass is 9.99. The number of aromatic nitrogens is 1. The molecule has 0 aliphatic heterocycles. The molecular weight excluding hydrogens is 781 g/mol. The van der Waals surface area contributed by atoms with E-state index in [4.69, 9.17) is 8.83 Å². The zero-order valence-corrected chi connectivity index (χ0v) is 34.7. The van der Waals surface area contributed by atoms with E-state index in [1.54, 1.807) is 0 Å².